The maximum absolute atomic E-state index is 5.83. The van der Waals surface area contributed by atoms with Gasteiger partial charge in [0, 0.05) is 13.2 Å². The highest BCUT2D eigenvalue weighted by molar-refractivity contribution is 5.34. The molecule has 0 aliphatic carbocycles. The summed E-state index contributed by atoms with van der Waals surface area (Å²) in [6.45, 7) is 6.62. The van der Waals surface area contributed by atoms with Crippen LogP contribution in [0.25, 0.3) is 5.69 Å². The number of ether oxygens (including phenoxy) is 2. The molecule has 3 aromatic rings. The first-order valence-corrected chi connectivity index (χ1v) is 9.15. The van der Waals surface area contributed by atoms with Gasteiger partial charge < -0.3 is 14.8 Å². The van der Waals surface area contributed by atoms with Gasteiger partial charge in [0.05, 0.1) is 11.8 Å². The van der Waals surface area contributed by atoms with Crippen molar-refractivity contribution in [2.75, 3.05) is 13.2 Å². The standard InChI is InChI=1S/C20H25N5O2/c1-16(2)26-14-6-13-21-15-17-9-11-19(12-10-17)27-20-22-23-24-25(20)18-7-4-3-5-8-18/h3-5,7-12,16,21H,6,13-15H2,1-2H3. The lowest BCUT2D eigenvalue weighted by molar-refractivity contribution is 0.0770. The van der Waals surface area contributed by atoms with E-state index in [0.717, 1.165) is 31.8 Å². The fraction of sp³-hybridized carbons (Fsp3) is 0.350. The zero-order chi connectivity index (χ0) is 18.9. The van der Waals surface area contributed by atoms with E-state index < -0.39 is 0 Å². The Balaban J connectivity index is 1.50. The summed E-state index contributed by atoms with van der Waals surface area (Å²) in [5.41, 5.74) is 2.04. The van der Waals surface area contributed by atoms with Crippen molar-refractivity contribution in [3.8, 4) is 17.4 Å². The summed E-state index contributed by atoms with van der Waals surface area (Å²) in [5.74, 6) is 0.691. The van der Waals surface area contributed by atoms with Gasteiger partial charge in [-0.25, -0.2) is 0 Å². The van der Waals surface area contributed by atoms with Crippen LogP contribution in [0.5, 0.6) is 11.8 Å². The van der Waals surface area contributed by atoms with E-state index in [1.54, 1.807) is 4.68 Å². The number of para-hydroxylation sites is 1. The third-order valence-electron chi connectivity index (χ3n) is 3.85. The Morgan fingerprint density at radius 3 is 2.56 bits per heavy atom. The molecule has 0 saturated heterocycles. The quantitative estimate of drug-likeness (QED) is 0.554. The third kappa shape index (κ3) is 5.87. The Hall–Kier alpha value is -2.77. The lowest BCUT2D eigenvalue weighted by Crippen LogP contribution is -2.17. The van der Waals surface area contributed by atoms with Gasteiger partial charge in [0.15, 0.2) is 0 Å². The predicted molar refractivity (Wildman–Crippen MR) is 103 cm³/mol. The van der Waals surface area contributed by atoms with Gasteiger partial charge in [-0.15, -0.1) is 0 Å². The molecular formula is C20H25N5O2. The summed E-state index contributed by atoms with van der Waals surface area (Å²) in [5, 5.41) is 15.1. The van der Waals surface area contributed by atoms with Crippen LogP contribution < -0.4 is 10.1 Å². The highest BCUT2D eigenvalue weighted by atomic mass is 16.5. The summed E-state index contributed by atoms with van der Waals surface area (Å²) >= 11 is 0. The van der Waals surface area contributed by atoms with Crippen LogP contribution in [0.2, 0.25) is 0 Å². The lowest BCUT2D eigenvalue weighted by Gasteiger charge is -2.09. The molecule has 0 saturated carbocycles. The summed E-state index contributed by atoms with van der Waals surface area (Å²) in [7, 11) is 0. The molecule has 0 aliphatic heterocycles. The van der Waals surface area contributed by atoms with Crippen LogP contribution >= 0.6 is 0 Å². The van der Waals surface area contributed by atoms with Crippen LogP contribution in [0.3, 0.4) is 0 Å². The second-order valence-corrected chi connectivity index (χ2v) is 6.40. The maximum Gasteiger partial charge on any atom is 0.345 e. The predicted octanol–water partition coefficient (Wildman–Crippen LogP) is 3.36. The van der Waals surface area contributed by atoms with E-state index in [0.29, 0.717) is 17.9 Å². The Morgan fingerprint density at radius 2 is 1.81 bits per heavy atom. The van der Waals surface area contributed by atoms with E-state index in [2.05, 4.69) is 34.7 Å². The van der Waals surface area contributed by atoms with Crippen molar-refractivity contribution in [2.24, 2.45) is 0 Å². The van der Waals surface area contributed by atoms with Gasteiger partial charge in [0.2, 0.25) is 0 Å². The minimum absolute atomic E-state index is 0.292. The van der Waals surface area contributed by atoms with Crippen molar-refractivity contribution < 1.29 is 9.47 Å². The van der Waals surface area contributed by atoms with Gasteiger partial charge in [0.1, 0.15) is 5.75 Å². The number of hydrogen-bond donors (Lipinski definition) is 1. The first kappa shape index (κ1) is 19.0. The number of nitrogens with one attached hydrogen (secondary N) is 1. The van der Waals surface area contributed by atoms with Gasteiger partial charge in [-0.3, -0.25) is 0 Å². The SMILES string of the molecule is CC(C)OCCCNCc1ccc(Oc2nnnn2-c2ccccc2)cc1. The number of benzene rings is 2. The highest BCUT2D eigenvalue weighted by Crippen LogP contribution is 2.21. The van der Waals surface area contributed by atoms with Gasteiger partial charge in [-0.2, -0.15) is 4.68 Å². The number of nitrogens with zero attached hydrogens (tertiary/aromatic N) is 4. The number of tetrazole rings is 1. The first-order chi connectivity index (χ1) is 13.2. The van der Waals surface area contributed by atoms with E-state index in [9.17, 15) is 0 Å². The molecule has 2 aromatic carbocycles. The van der Waals surface area contributed by atoms with E-state index in [1.165, 1.54) is 5.56 Å². The topological polar surface area (TPSA) is 74.1 Å². The van der Waals surface area contributed by atoms with Gasteiger partial charge >= 0.3 is 6.01 Å². The summed E-state index contributed by atoms with van der Waals surface area (Å²) in [6.07, 6.45) is 1.29. The molecule has 0 unspecified atom stereocenters. The van der Waals surface area contributed by atoms with E-state index >= 15 is 0 Å². The van der Waals surface area contributed by atoms with Gasteiger partial charge in [0.25, 0.3) is 0 Å². The summed E-state index contributed by atoms with van der Waals surface area (Å²) in [6, 6.07) is 17.9. The van der Waals surface area contributed by atoms with Crippen molar-refractivity contribution in [1.29, 1.82) is 0 Å². The monoisotopic (exact) mass is 367 g/mol. The second-order valence-electron chi connectivity index (χ2n) is 6.40. The third-order valence-corrected chi connectivity index (χ3v) is 3.85. The molecule has 3 rings (SSSR count). The Kier molecular flexibility index (Phi) is 6.90. The van der Waals surface area contributed by atoms with Crippen molar-refractivity contribution in [1.82, 2.24) is 25.5 Å². The molecule has 142 valence electrons. The van der Waals surface area contributed by atoms with E-state index in [4.69, 9.17) is 9.47 Å². The maximum atomic E-state index is 5.83. The molecule has 1 heterocycles. The first-order valence-electron chi connectivity index (χ1n) is 9.15. The Labute approximate surface area is 159 Å². The van der Waals surface area contributed by atoms with Crippen molar-refractivity contribution in [2.45, 2.75) is 32.9 Å². The molecule has 0 amide bonds. The number of aromatic nitrogens is 4. The molecular weight excluding hydrogens is 342 g/mol. The largest absolute Gasteiger partial charge is 0.423 e. The fourth-order valence-electron chi connectivity index (χ4n) is 2.50. The van der Waals surface area contributed by atoms with Crippen LogP contribution in [-0.2, 0) is 11.3 Å². The van der Waals surface area contributed by atoms with Crippen molar-refractivity contribution in [3.05, 3.63) is 60.2 Å². The molecule has 1 aromatic heterocycles. The Bertz CT molecular complexity index is 803. The fourth-order valence-corrected chi connectivity index (χ4v) is 2.50. The molecule has 0 spiro atoms. The molecule has 7 nitrogen and oxygen atoms in total. The molecule has 0 radical (unpaired) electrons. The summed E-state index contributed by atoms with van der Waals surface area (Å²) in [4.78, 5) is 0. The Morgan fingerprint density at radius 1 is 1.04 bits per heavy atom. The molecule has 0 bridgehead atoms. The average molecular weight is 367 g/mol. The normalized spacial score (nSPS) is 11.1. The zero-order valence-electron chi connectivity index (χ0n) is 15.7. The highest BCUT2D eigenvalue weighted by Gasteiger charge is 2.10. The zero-order valence-corrected chi connectivity index (χ0v) is 15.7. The van der Waals surface area contributed by atoms with Crippen LogP contribution in [0.15, 0.2) is 54.6 Å². The van der Waals surface area contributed by atoms with E-state index in [1.807, 2.05) is 54.6 Å². The van der Waals surface area contributed by atoms with E-state index in [-0.39, 0.29) is 0 Å². The van der Waals surface area contributed by atoms with Crippen molar-refractivity contribution in [3.63, 3.8) is 0 Å². The van der Waals surface area contributed by atoms with Crippen LogP contribution in [0, 0.1) is 0 Å². The van der Waals surface area contributed by atoms with Crippen LogP contribution in [0.1, 0.15) is 25.8 Å². The molecule has 0 aliphatic rings. The van der Waals surface area contributed by atoms with Gasteiger partial charge in [-0.05, 0) is 67.1 Å². The van der Waals surface area contributed by atoms with Gasteiger partial charge in [-0.1, -0.05) is 35.4 Å². The molecule has 0 fully saturated rings. The average Bonchev–Trinajstić information content (AvgIpc) is 3.14. The lowest BCUT2D eigenvalue weighted by atomic mass is 10.2. The molecule has 0 atom stereocenters. The minimum Gasteiger partial charge on any atom is -0.423 e. The molecule has 7 heteroatoms. The number of hydrogen-bond acceptors (Lipinski definition) is 6. The number of rotatable bonds is 10. The van der Waals surface area contributed by atoms with Crippen molar-refractivity contribution >= 4 is 0 Å². The van der Waals surface area contributed by atoms with Crippen LogP contribution in [0.4, 0.5) is 0 Å². The minimum atomic E-state index is 0.292. The second kappa shape index (κ2) is 9.80. The molecule has 1 N–H and O–H groups in total. The summed E-state index contributed by atoms with van der Waals surface area (Å²) < 4.78 is 12.9. The smallest absolute Gasteiger partial charge is 0.345 e. The molecule has 27 heavy (non-hydrogen) atoms. The van der Waals surface area contributed by atoms with Crippen LogP contribution in [-0.4, -0.2) is 39.5 Å².